The molecule has 1 aliphatic heterocycles. The number of aliphatic hydroxyl groups excluding tert-OH is 2. The van der Waals surface area contributed by atoms with Crippen LogP contribution in [0.3, 0.4) is 0 Å². The van der Waals surface area contributed by atoms with Gasteiger partial charge in [-0.3, -0.25) is 4.79 Å². The zero-order chi connectivity index (χ0) is 17.7. The molecule has 1 aliphatic rings. The molecule has 1 rings (SSSR count). The Hall–Kier alpha value is -1.54. The Morgan fingerprint density at radius 1 is 1.36 bits per heavy atom. The highest BCUT2D eigenvalue weighted by Crippen LogP contribution is 2.32. The van der Waals surface area contributed by atoms with Gasteiger partial charge >= 0.3 is 6.18 Å². The van der Waals surface area contributed by atoms with Gasteiger partial charge in [-0.05, 0) is 14.1 Å². The summed E-state index contributed by atoms with van der Waals surface area (Å²) in [6.45, 7) is 4.20. The lowest BCUT2D eigenvalue weighted by atomic mass is 10.1. The minimum absolute atomic E-state index is 0.198. The molecule has 2 N–H and O–H groups in total. The van der Waals surface area contributed by atoms with E-state index in [-0.39, 0.29) is 12.2 Å². The van der Waals surface area contributed by atoms with Crippen molar-refractivity contribution in [2.24, 2.45) is 0 Å². The fourth-order valence-electron chi connectivity index (χ4n) is 1.91. The van der Waals surface area contributed by atoms with E-state index in [1.807, 2.05) is 13.8 Å². The minimum Gasteiger partial charge on any atom is -0.510 e. The summed E-state index contributed by atoms with van der Waals surface area (Å²) in [6, 6.07) is 0. The molecule has 0 spiro atoms. The summed E-state index contributed by atoms with van der Waals surface area (Å²) in [5.41, 5.74) is -0.446. The predicted molar refractivity (Wildman–Crippen MR) is 77.1 cm³/mol. The van der Waals surface area contributed by atoms with Crippen molar-refractivity contribution >= 4 is 5.78 Å². The lowest BCUT2D eigenvalue weighted by Crippen LogP contribution is -2.39. The van der Waals surface area contributed by atoms with Crippen LogP contribution in [0.25, 0.3) is 0 Å². The van der Waals surface area contributed by atoms with Crippen molar-refractivity contribution in [3.63, 3.8) is 0 Å². The third kappa shape index (κ3) is 5.34. The predicted octanol–water partition coefficient (Wildman–Crippen LogP) is 2.06. The maximum atomic E-state index is 12.7. The van der Waals surface area contributed by atoms with Gasteiger partial charge in [0.25, 0.3) is 0 Å². The molecule has 0 bridgehead atoms. The van der Waals surface area contributed by atoms with Crippen molar-refractivity contribution in [3.8, 4) is 0 Å². The van der Waals surface area contributed by atoms with Crippen LogP contribution in [0.4, 0.5) is 13.2 Å². The first-order valence-electron chi connectivity index (χ1n) is 6.82. The van der Waals surface area contributed by atoms with E-state index in [0.717, 1.165) is 4.90 Å². The van der Waals surface area contributed by atoms with Crippen molar-refractivity contribution in [2.75, 3.05) is 27.7 Å². The quantitative estimate of drug-likeness (QED) is 0.832. The minimum atomic E-state index is -4.92. The van der Waals surface area contributed by atoms with E-state index in [1.54, 1.807) is 19.0 Å². The van der Waals surface area contributed by atoms with Crippen LogP contribution in [0.5, 0.6) is 0 Å². The smallest absolute Gasteiger partial charge is 0.420 e. The van der Waals surface area contributed by atoms with E-state index in [2.05, 4.69) is 0 Å². The Balaban J connectivity index is 0.00000211. The van der Waals surface area contributed by atoms with Crippen molar-refractivity contribution in [1.29, 1.82) is 0 Å². The third-order valence-electron chi connectivity index (χ3n) is 2.80. The molecular weight excluding hydrogens is 301 g/mol. The average Bonchev–Trinajstić information content (AvgIpc) is 2.47. The number of nitrogens with zero attached hydrogens (tertiary/aromatic N) is 2. The van der Waals surface area contributed by atoms with Crippen LogP contribution in [0.2, 0.25) is 0 Å². The van der Waals surface area contributed by atoms with Crippen molar-refractivity contribution < 1.29 is 28.2 Å². The molecule has 0 amide bonds. The summed E-state index contributed by atoms with van der Waals surface area (Å²) < 4.78 is 38.0. The number of allylic oxidation sites excluding steroid dienone is 2. The second kappa shape index (κ2) is 8.19. The number of hydrogen-bond donors (Lipinski definition) is 2. The fourth-order valence-corrected chi connectivity index (χ4v) is 1.91. The molecule has 0 saturated heterocycles. The number of halogens is 3. The van der Waals surface area contributed by atoms with Gasteiger partial charge in [0.05, 0.1) is 12.1 Å². The number of ketones is 1. The highest BCUT2D eigenvalue weighted by Gasteiger charge is 2.44. The number of hydrogen-bond acceptors (Lipinski definition) is 5. The van der Waals surface area contributed by atoms with Crippen LogP contribution < -0.4 is 0 Å². The summed E-state index contributed by atoms with van der Waals surface area (Å²) >= 11 is 0. The van der Waals surface area contributed by atoms with E-state index < -0.39 is 35.9 Å². The van der Waals surface area contributed by atoms with Crippen molar-refractivity contribution in [1.82, 2.24) is 9.80 Å². The van der Waals surface area contributed by atoms with Crippen LogP contribution in [-0.2, 0) is 4.79 Å². The SMILES string of the molecule is CC.CN(C)CC1=CC(=O)CC(O)=C(C(O)C(F)(F)F)N1C. The zero-order valence-electron chi connectivity index (χ0n) is 13.4. The average molecular weight is 324 g/mol. The van der Waals surface area contributed by atoms with Crippen molar-refractivity contribution in [3.05, 3.63) is 23.2 Å². The third-order valence-corrected chi connectivity index (χ3v) is 2.80. The molecule has 0 radical (unpaired) electrons. The van der Waals surface area contributed by atoms with E-state index in [9.17, 15) is 28.2 Å². The van der Waals surface area contributed by atoms with Crippen LogP contribution >= 0.6 is 0 Å². The highest BCUT2D eigenvalue weighted by atomic mass is 19.4. The Bertz CT molecular complexity index is 457. The van der Waals surface area contributed by atoms with Crippen LogP contribution in [-0.4, -0.2) is 65.8 Å². The number of carbonyl (C=O) groups is 1. The Kier molecular flexibility index (Phi) is 7.61. The largest absolute Gasteiger partial charge is 0.510 e. The van der Waals surface area contributed by atoms with Crippen LogP contribution in [0, 0.1) is 0 Å². The van der Waals surface area contributed by atoms with Gasteiger partial charge in [0.2, 0.25) is 0 Å². The Morgan fingerprint density at radius 2 is 1.86 bits per heavy atom. The monoisotopic (exact) mass is 324 g/mol. The summed E-state index contributed by atoms with van der Waals surface area (Å²) in [7, 11) is 4.65. The summed E-state index contributed by atoms with van der Waals surface area (Å²) in [6.07, 6.45) is -7.16. The second-order valence-corrected chi connectivity index (χ2v) is 4.85. The molecule has 0 saturated carbocycles. The summed E-state index contributed by atoms with van der Waals surface area (Å²) in [5, 5.41) is 19.1. The highest BCUT2D eigenvalue weighted by molar-refractivity contribution is 5.92. The zero-order valence-corrected chi connectivity index (χ0v) is 13.4. The normalized spacial score (nSPS) is 17.8. The van der Waals surface area contributed by atoms with Crippen LogP contribution in [0.15, 0.2) is 23.2 Å². The number of likely N-dealkylation sites (N-methyl/N-ethyl adjacent to an activating group) is 2. The molecule has 128 valence electrons. The molecular formula is C14H23F3N2O3. The van der Waals surface area contributed by atoms with Gasteiger partial charge in [-0.2, -0.15) is 13.2 Å². The lowest BCUT2D eigenvalue weighted by Gasteiger charge is -2.30. The van der Waals surface area contributed by atoms with Gasteiger partial charge < -0.3 is 20.0 Å². The number of rotatable bonds is 3. The van der Waals surface area contributed by atoms with Gasteiger partial charge in [0.15, 0.2) is 11.9 Å². The maximum absolute atomic E-state index is 12.7. The second-order valence-electron chi connectivity index (χ2n) is 4.85. The van der Waals surface area contributed by atoms with Gasteiger partial charge in [-0.15, -0.1) is 0 Å². The van der Waals surface area contributed by atoms with Gasteiger partial charge in [-0.25, -0.2) is 0 Å². The molecule has 1 heterocycles. The molecule has 0 aromatic heterocycles. The molecule has 22 heavy (non-hydrogen) atoms. The first-order chi connectivity index (χ1) is 10.0. The van der Waals surface area contributed by atoms with E-state index in [4.69, 9.17) is 0 Å². The van der Waals surface area contributed by atoms with E-state index in [1.165, 1.54) is 13.1 Å². The molecule has 1 unspecified atom stereocenters. The molecule has 5 nitrogen and oxygen atoms in total. The fraction of sp³-hybridized carbons (Fsp3) is 0.643. The lowest BCUT2D eigenvalue weighted by molar-refractivity contribution is -0.196. The van der Waals surface area contributed by atoms with Crippen LogP contribution in [0.1, 0.15) is 20.3 Å². The number of aliphatic hydroxyl groups is 2. The van der Waals surface area contributed by atoms with Gasteiger partial charge in [-0.1, -0.05) is 13.8 Å². The molecule has 0 fully saturated rings. The topological polar surface area (TPSA) is 64.0 Å². The molecule has 0 aliphatic carbocycles. The van der Waals surface area contributed by atoms with Crippen molar-refractivity contribution in [2.45, 2.75) is 32.5 Å². The number of alkyl halides is 3. The molecule has 0 aromatic carbocycles. The van der Waals surface area contributed by atoms with E-state index in [0.29, 0.717) is 0 Å². The standard InChI is InChI=1S/C12H17F3N2O3.C2H6/c1-16(2)6-7-4-8(18)5-9(19)10(17(7)3)11(20)12(13,14)15;1-2/h4,11,19-20H,5-6H2,1-3H3;1-2H3. The first kappa shape index (κ1) is 20.5. The molecule has 1 atom stereocenters. The molecule has 8 heteroatoms. The van der Waals surface area contributed by atoms with Gasteiger partial charge in [0, 0.05) is 25.4 Å². The summed E-state index contributed by atoms with van der Waals surface area (Å²) in [4.78, 5) is 14.2. The first-order valence-corrected chi connectivity index (χ1v) is 6.82. The number of carbonyl (C=O) groups excluding carboxylic acids is 1. The molecule has 0 aromatic rings. The maximum Gasteiger partial charge on any atom is 0.420 e. The Morgan fingerprint density at radius 3 is 2.27 bits per heavy atom. The summed E-state index contributed by atoms with van der Waals surface area (Å²) in [5.74, 6) is -1.29. The Labute approximate surface area is 128 Å². The van der Waals surface area contributed by atoms with E-state index >= 15 is 0 Å². The van der Waals surface area contributed by atoms with Gasteiger partial charge in [0.1, 0.15) is 5.76 Å².